The number of hydrogen-bond donors (Lipinski definition) is 0. The molecule has 266 valence electrons. The van der Waals surface area contributed by atoms with Crippen molar-refractivity contribution in [2.45, 2.75) is 0 Å². The van der Waals surface area contributed by atoms with Gasteiger partial charge in [-0.15, -0.1) is 0 Å². The highest BCUT2D eigenvalue weighted by Crippen LogP contribution is 2.44. The van der Waals surface area contributed by atoms with Crippen molar-refractivity contribution in [3.05, 3.63) is 206 Å². The Hall–Kier alpha value is -7.69. The lowest BCUT2D eigenvalue weighted by molar-refractivity contribution is 1.28. The zero-order valence-electron chi connectivity index (χ0n) is 30.9. The predicted molar refractivity (Wildman–Crippen MR) is 238 cm³/mol. The summed E-state index contributed by atoms with van der Waals surface area (Å²) in [6.45, 7) is 0. The lowest BCUT2D eigenvalue weighted by Crippen LogP contribution is -2.09. The lowest BCUT2D eigenvalue weighted by Gasteiger charge is -2.25. The van der Waals surface area contributed by atoms with Gasteiger partial charge in [-0.25, -0.2) is 9.97 Å². The van der Waals surface area contributed by atoms with E-state index in [4.69, 9.17) is 15.0 Å². The van der Waals surface area contributed by atoms with Crippen molar-refractivity contribution < 1.29 is 0 Å². The first-order valence-electron chi connectivity index (χ1n) is 19.3. The van der Waals surface area contributed by atoms with E-state index >= 15 is 0 Å². The summed E-state index contributed by atoms with van der Waals surface area (Å²) in [7, 11) is 0. The molecular formula is C53H34N4. The second-order valence-electron chi connectivity index (χ2n) is 14.4. The molecule has 57 heavy (non-hydrogen) atoms. The smallest absolute Gasteiger partial charge is 0.0972 e. The van der Waals surface area contributed by atoms with Gasteiger partial charge in [0.1, 0.15) is 0 Å². The maximum absolute atomic E-state index is 5.42. The maximum Gasteiger partial charge on any atom is 0.0972 e. The van der Waals surface area contributed by atoms with Crippen LogP contribution in [0.15, 0.2) is 206 Å². The molecule has 0 unspecified atom stereocenters. The number of rotatable bonds is 6. The number of pyridine rings is 3. The van der Waals surface area contributed by atoms with E-state index in [2.05, 4.69) is 199 Å². The van der Waals surface area contributed by atoms with Crippen molar-refractivity contribution in [3.63, 3.8) is 0 Å². The Labute approximate surface area is 330 Å². The number of benzene rings is 8. The van der Waals surface area contributed by atoms with Gasteiger partial charge in [-0.2, -0.15) is 0 Å². The average molecular weight is 727 g/mol. The Kier molecular flexibility index (Phi) is 7.78. The first-order valence-corrected chi connectivity index (χ1v) is 19.3. The van der Waals surface area contributed by atoms with Gasteiger partial charge in [0.25, 0.3) is 0 Å². The molecule has 0 spiro atoms. The van der Waals surface area contributed by atoms with Crippen LogP contribution in [0, 0.1) is 0 Å². The van der Waals surface area contributed by atoms with Gasteiger partial charge in [0, 0.05) is 61.3 Å². The predicted octanol–water partition coefficient (Wildman–Crippen LogP) is 14.1. The summed E-state index contributed by atoms with van der Waals surface area (Å²) < 4.78 is 0. The van der Waals surface area contributed by atoms with Crippen LogP contribution < -0.4 is 4.90 Å². The highest BCUT2D eigenvalue weighted by molar-refractivity contribution is 6.26. The van der Waals surface area contributed by atoms with Gasteiger partial charge in [0.2, 0.25) is 0 Å². The molecule has 0 saturated carbocycles. The van der Waals surface area contributed by atoms with Crippen LogP contribution in [-0.4, -0.2) is 15.0 Å². The van der Waals surface area contributed by atoms with Crippen LogP contribution in [0.1, 0.15) is 0 Å². The minimum atomic E-state index is 0.895. The van der Waals surface area contributed by atoms with E-state index in [1.165, 1.54) is 10.8 Å². The third-order valence-electron chi connectivity index (χ3n) is 11.0. The first kappa shape index (κ1) is 32.7. The number of para-hydroxylation sites is 3. The van der Waals surface area contributed by atoms with Gasteiger partial charge in [-0.1, -0.05) is 140 Å². The molecule has 11 aromatic rings. The molecule has 0 aliphatic rings. The second kappa shape index (κ2) is 13.6. The van der Waals surface area contributed by atoms with Crippen LogP contribution in [0.3, 0.4) is 0 Å². The van der Waals surface area contributed by atoms with Gasteiger partial charge >= 0.3 is 0 Å². The largest absolute Gasteiger partial charge is 0.311 e. The van der Waals surface area contributed by atoms with Crippen LogP contribution in [0.4, 0.5) is 17.1 Å². The Morgan fingerprint density at radius 2 is 0.930 bits per heavy atom. The summed E-state index contributed by atoms with van der Waals surface area (Å²) in [5.41, 5.74) is 12.3. The van der Waals surface area contributed by atoms with E-state index in [-0.39, 0.29) is 0 Å². The van der Waals surface area contributed by atoms with Crippen LogP contribution >= 0.6 is 0 Å². The number of aromatic nitrogens is 3. The zero-order valence-corrected chi connectivity index (χ0v) is 30.9. The van der Waals surface area contributed by atoms with E-state index in [1.54, 1.807) is 0 Å². The third-order valence-corrected chi connectivity index (χ3v) is 11.0. The summed E-state index contributed by atoms with van der Waals surface area (Å²) >= 11 is 0. The molecule has 8 aromatic carbocycles. The summed E-state index contributed by atoms with van der Waals surface area (Å²) in [6, 6.07) is 70.8. The normalized spacial score (nSPS) is 11.5. The van der Waals surface area contributed by atoms with Gasteiger partial charge in [0.05, 0.1) is 27.9 Å². The minimum Gasteiger partial charge on any atom is -0.311 e. The van der Waals surface area contributed by atoms with Crippen LogP contribution in [0.25, 0.3) is 87.9 Å². The van der Waals surface area contributed by atoms with Crippen molar-refractivity contribution in [2.24, 2.45) is 0 Å². The van der Waals surface area contributed by atoms with Crippen LogP contribution in [0.5, 0.6) is 0 Å². The molecule has 0 aliphatic carbocycles. The van der Waals surface area contributed by atoms with E-state index < -0.39 is 0 Å². The highest BCUT2D eigenvalue weighted by Gasteiger charge is 2.20. The third kappa shape index (κ3) is 5.66. The van der Waals surface area contributed by atoms with Gasteiger partial charge in [-0.3, -0.25) is 4.98 Å². The maximum atomic E-state index is 5.42. The molecule has 4 heteroatoms. The summed E-state index contributed by atoms with van der Waals surface area (Å²) in [5, 5.41) is 7.90. The molecule has 0 radical (unpaired) electrons. The van der Waals surface area contributed by atoms with Crippen molar-refractivity contribution >= 4 is 71.3 Å². The van der Waals surface area contributed by atoms with Crippen LogP contribution in [0.2, 0.25) is 0 Å². The number of nitrogens with zero attached hydrogens (tertiary/aromatic N) is 4. The fraction of sp³-hybridized carbons (Fsp3) is 0. The molecule has 0 N–H and O–H groups in total. The Bertz CT molecular complexity index is 3210. The topological polar surface area (TPSA) is 41.9 Å². The number of hydrogen-bond acceptors (Lipinski definition) is 4. The highest BCUT2D eigenvalue weighted by atomic mass is 15.1. The SMILES string of the molecule is c1ccc(N(c2ccccc2)c2ccc(-c3ccc(-c4nc5ccccc5c5c4c(-c4ccc6ccc7cccnc7c6n4)cc4ccccc45)cc3)cc2)cc1. The molecule has 0 amide bonds. The number of fused-ring (bicyclic) bond motifs is 8. The Morgan fingerprint density at radius 1 is 0.368 bits per heavy atom. The molecule has 4 nitrogen and oxygen atoms in total. The molecule has 3 heterocycles. The second-order valence-corrected chi connectivity index (χ2v) is 14.4. The van der Waals surface area contributed by atoms with E-state index in [9.17, 15) is 0 Å². The molecular weight excluding hydrogens is 693 g/mol. The molecule has 11 rings (SSSR count). The van der Waals surface area contributed by atoms with Gasteiger partial charge in [0.15, 0.2) is 0 Å². The van der Waals surface area contributed by atoms with Crippen molar-refractivity contribution in [1.29, 1.82) is 0 Å². The van der Waals surface area contributed by atoms with Gasteiger partial charge < -0.3 is 4.90 Å². The lowest BCUT2D eigenvalue weighted by atomic mass is 9.90. The first-order chi connectivity index (χ1) is 28.3. The monoisotopic (exact) mass is 726 g/mol. The molecule has 0 aliphatic heterocycles. The number of anilines is 3. The Balaban J connectivity index is 1.07. The van der Waals surface area contributed by atoms with E-state index in [0.717, 1.165) is 94.2 Å². The fourth-order valence-corrected chi connectivity index (χ4v) is 8.34. The average Bonchev–Trinajstić information content (AvgIpc) is 3.29. The summed E-state index contributed by atoms with van der Waals surface area (Å²) in [6.07, 6.45) is 1.85. The molecule has 3 aromatic heterocycles. The van der Waals surface area contributed by atoms with Crippen molar-refractivity contribution in [1.82, 2.24) is 15.0 Å². The molecule has 0 fully saturated rings. The zero-order chi connectivity index (χ0) is 37.7. The molecule has 0 bridgehead atoms. The van der Waals surface area contributed by atoms with Crippen molar-refractivity contribution in [3.8, 4) is 33.6 Å². The summed E-state index contributed by atoms with van der Waals surface area (Å²) in [4.78, 5) is 17.8. The quantitative estimate of drug-likeness (QED) is 0.160. The van der Waals surface area contributed by atoms with Crippen LogP contribution in [-0.2, 0) is 0 Å². The van der Waals surface area contributed by atoms with E-state index in [0.29, 0.717) is 0 Å². The minimum absolute atomic E-state index is 0.895. The fourth-order valence-electron chi connectivity index (χ4n) is 8.34. The van der Waals surface area contributed by atoms with Crippen molar-refractivity contribution in [2.75, 3.05) is 4.90 Å². The Morgan fingerprint density at radius 3 is 1.67 bits per heavy atom. The molecule has 0 atom stereocenters. The van der Waals surface area contributed by atoms with Gasteiger partial charge in [-0.05, 0) is 82.6 Å². The van der Waals surface area contributed by atoms with E-state index in [1.807, 2.05) is 12.3 Å². The molecule has 0 saturated heterocycles. The standard InChI is InChI=1S/C53H34N4/c1-3-14-41(15-4-1)57(42-16-5-2-6-17-42)43-30-27-36(28-31-43)35-21-23-38(24-22-35)51-50-46(48-32-29-39-26-25-37-13-11-33-54-52(37)53(39)56-48)34-40-12-7-8-18-44(40)49(50)45-19-9-10-20-47(45)55-51/h1-34H. The summed E-state index contributed by atoms with van der Waals surface area (Å²) in [5.74, 6) is 0.